The van der Waals surface area contributed by atoms with Crippen LogP contribution in [0.15, 0.2) is 24.3 Å². The van der Waals surface area contributed by atoms with Crippen molar-refractivity contribution >= 4 is 29.0 Å². The van der Waals surface area contributed by atoms with Crippen LogP contribution in [0.25, 0.3) is 0 Å². The number of benzene rings is 1. The molecule has 3 saturated heterocycles. The summed E-state index contributed by atoms with van der Waals surface area (Å²) in [6.45, 7) is 5.34. The van der Waals surface area contributed by atoms with Crippen molar-refractivity contribution in [3.63, 3.8) is 0 Å². The summed E-state index contributed by atoms with van der Waals surface area (Å²) >= 11 is 0. The topological polar surface area (TPSA) is 81.8 Å². The van der Waals surface area contributed by atoms with Gasteiger partial charge in [-0.3, -0.25) is 14.4 Å². The van der Waals surface area contributed by atoms with Gasteiger partial charge in [0.1, 0.15) is 0 Å². The number of Topliss-reactive ketones (excluding diaryl/α,β-unsaturated/α-hetero) is 1. The molecule has 4 rings (SSSR count). The normalized spacial score (nSPS) is 30.5. The van der Waals surface area contributed by atoms with E-state index in [0.29, 0.717) is 12.2 Å². The van der Waals surface area contributed by atoms with Crippen LogP contribution in [-0.2, 0) is 14.4 Å². The third kappa shape index (κ3) is 3.75. The van der Waals surface area contributed by atoms with Gasteiger partial charge in [0.05, 0.1) is 5.41 Å². The summed E-state index contributed by atoms with van der Waals surface area (Å²) in [7, 11) is 1.96. The van der Waals surface area contributed by atoms with E-state index in [0.717, 1.165) is 31.7 Å². The molecule has 156 valence electrons. The number of carbonyl (C=O) groups excluding carboxylic acids is 3. The molecule has 3 aliphatic heterocycles. The summed E-state index contributed by atoms with van der Waals surface area (Å²) in [4.78, 5) is 43.0. The molecule has 0 aromatic heterocycles. The Labute approximate surface area is 171 Å². The van der Waals surface area contributed by atoms with Crippen LogP contribution in [0.1, 0.15) is 32.6 Å². The highest BCUT2D eigenvalue weighted by Gasteiger charge is 2.55. The lowest BCUT2D eigenvalue weighted by Gasteiger charge is -2.48. The third-order valence-electron chi connectivity index (χ3n) is 6.69. The van der Waals surface area contributed by atoms with Crippen molar-refractivity contribution in [2.45, 2.75) is 38.6 Å². The lowest BCUT2D eigenvalue weighted by Crippen LogP contribution is -2.68. The molecule has 29 heavy (non-hydrogen) atoms. The van der Waals surface area contributed by atoms with Gasteiger partial charge in [-0.15, -0.1) is 0 Å². The highest BCUT2D eigenvalue weighted by molar-refractivity contribution is 6.24. The summed E-state index contributed by atoms with van der Waals surface area (Å²) in [5, 5.41) is 5.70. The fourth-order valence-corrected chi connectivity index (χ4v) is 4.96. The number of hydrogen-bond acceptors (Lipinski definition) is 5. The maximum absolute atomic E-state index is 13.2. The van der Waals surface area contributed by atoms with Gasteiger partial charge in [-0.1, -0.05) is 0 Å². The summed E-state index contributed by atoms with van der Waals surface area (Å²) in [5.41, 5.74) is 1.00. The fraction of sp³-hybridized carbons (Fsp3) is 0.591. The zero-order valence-electron chi connectivity index (χ0n) is 17.2. The fourth-order valence-electron chi connectivity index (χ4n) is 4.96. The number of nitrogens with one attached hydrogen (secondary N) is 2. The number of nitrogens with zero attached hydrogens (tertiary/aromatic N) is 2. The van der Waals surface area contributed by atoms with Gasteiger partial charge in [0.25, 0.3) is 0 Å². The first kappa shape index (κ1) is 19.9. The van der Waals surface area contributed by atoms with Gasteiger partial charge in [0.2, 0.25) is 11.8 Å². The van der Waals surface area contributed by atoms with Gasteiger partial charge >= 0.3 is 0 Å². The number of amides is 2. The van der Waals surface area contributed by atoms with Crippen LogP contribution < -0.4 is 15.5 Å². The SMILES string of the molecule is CN1CC[C@H]2NC(=O)C(C(=O)Nc3ccc(N4CCCCC4)cc3)C(=O)[C@@]2(C)C1. The second-order valence-corrected chi connectivity index (χ2v) is 8.89. The van der Waals surface area contributed by atoms with Crippen molar-refractivity contribution in [1.82, 2.24) is 10.2 Å². The third-order valence-corrected chi connectivity index (χ3v) is 6.69. The first-order valence-corrected chi connectivity index (χ1v) is 10.6. The maximum Gasteiger partial charge on any atom is 0.244 e. The smallest absolute Gasteiger partial charge is 0.244 e. The maximum atomic E-state index is 13.2. The Morgan fingerprint density at radius 3 is 2.48 bits per heavy atom. The van der Waals surface area contributed by atoms with Gasteiger partial charge < -0.3 is 20.4 Å². The van der Waals surface area contributed by atoms with Crippen molar-refractivity contribution in [2.24, 2.45) is 11.3 Å². The van der Waals surface area contributed by atoms with Crippen LogP contribution in [0.4, 0.5) is 11.4 Å². The molecule has 3 heterocycles. The Balaban J connectivity index is 1.46. The van der Waals surface area contributed by atoms with Crippen LogP contribution in [0.2, 0.25) is 0 Å². The van der Waals surface area contributed by atoms with Gasteiger partial charge in [-0.25, -0.2) is 0 Å². The van der Waals surface area contributed by atoms with E-state index in [9.17, 15) is 14.4 Å². The Morgan fingerprint density at radius 1 is 1.10 bits per heavy atom. The summed E-state index contributed by atoms with van der Waals surface area (Å²) < 4.78 is 0. The number of hydrogen-bond donors (Lipinski definition) is 2. The molecule has 2 N–H and O–H groups in total. The second kappa shape index (κ2) is 7.78. The van der Waals surface area contributed by atoms with Crippen LogP contribution in [0.5, 0.6) is 0 Å². The molecule has 1 aromatic carbocycles. The van der Waals surface area contributed by atoms with E-state index in [-0.39, 0.29) is 11.8 Å². The Bertz CT molecular complexity index is 803. The average Bonchev–Trinajstić information content (AvgIpc) is 2.71. The van der Waals surface area contributed by atoms with Gasteiger partial charge in [0.15, 0.2) is 11.7 Å². The molecule has 3 atom stereocenters. The van der Waals surface area contributed by atoms with Gasteiger partial charge in [-0.05, 0) is 70.5 Å². The highest BCUT2D eigenvalue weighted by atomic mass is 16.2. The minimum absolute atomic E-state index is 0.202. The molecule has 7 nitrogen and oxygen atoms in total. The Hall–Kier alpha value is -2.41. The minimum Gasteiger partial charge on any atom is -0.372 e. The number of fused-ring (bicyclic) bond motifs is 1. The average molecular weight is 399 g/mol. The van der Waals surface area contributed by atoms with E-state index in [1.165, 1.54) is 19.3 Å². The number of piperidine rings is 3. The van der Waals surface area contributed by atoms with Crippen molar-refractivity contribution in [1.29, 1.82) is 0 Å². The zero-order chi connectivity index (χ0) is 20.6. The van der Waals surface area contributed by atoms with Crippen LogP contribution in [0, 0.1) is 11.3 Å². The number of carbonyl (C=O) groups is 3. The van der Waals surface area contributed by atoms with E-state index < -0.39 is 23.1 Å². The van der Waals surface area contributed by atoms with E-state index >= 15 is 0 Å². The van der Waals surface area contributed by atoms with Crippen molar-refractivity contribution in [3.05, 3.63) is 24.3 Å². The van der Waals surface area contributed by atoms with E-state index in [1.54, 1.807) is 0 Å². The predicted octanol–water partition coefficient (Wildman–Crippen LogP) is 1.64. The van der Waals surface area contributed by atoms with Crippen molar-refractivity contribution in [3.8, 4) is 0 Å². The molecule has 1 aromatic rings. The molecule has 0 spiro atoms. The molecular formula is C22H30N4O3. The zero-order valence-corrected chi connectivity index (χ0v) is 17.2. The summed E-state index contributed by atoms with van der Waals surface area (Å²) in [5.74, 6) is -2.61. The largest absolute Gasteiger partial charge is 0.372 e. The lowest BCUT2D eigenvalue weighted by molar-refractivity contribution is -0.153. The molecular weight excluding hydrogens is 368 g/mol. The molecule has 0 bridgehead atoms. The van der Waals surface area contributed by atoms with E-state index in [4.69, 9.17) is 0 Å². The van der Waals surface area contributed by atoms with Gasteiger partial charge in [-0.2, -0.15) is 0 Å². The van der Waals surface area contributed by atoms with Crippen LogP contribution in [0.3, 0.4) is 0 Å². The molecule has 0 aliphatic carbocycles. The number of ketones is 1. The summed E-state index contributed by atoms with van der Waals surface area (Å²) in [6, 6.07) is 7.44. The molecule has 0 radical (unpaired) electrons. The Kier molecular flexibility index (Phi) is 5.34. The molecule has 0 saturated carbocycles. The lowest BCUT2D eigenvalue weighted by atomic mass is 9.67. The molecule has 3 aliphatic rings. The Morgan fingerprint density at radius 2 is 1.79 bits per heavy atom. The first-order chi connectivity index (χ1) is 13.9. The van der Waals surface area contributed by atoms with Gasteiger partial charge in [0, 0.05) is 37.1 Å². The molecule has 2 amide bonds. The second-order valence-electron chi connectivity index (χ2n) is 8.89. The number of likely N-dealkylation sites (tertiary alicyclic amines) is 1. The summed E-state index contributed by atoms with van der Waals surface area (Å²) in [6.07, 6.45) is 4.40. The van der Waals surface area contributed by atoms with Crippen molar-refractivity contribution in [2.75, 3.05) is 43.4 Å². The number of anilines is 2. The van der Waals surface area contributed by atoms with E-state index in [1.807, 2.05) is 38.2 Å². The van der Waals surface area contributed by atoms with E-state index in [2.05, 4.69) is 20.4 Å². The van der Waals surface area contributed by atoms with Crippen LogP contribution in [-0.4, -0.2) is 61.8 Å². The quantitative estimate of drug-likeness (QED) is 0.757. The molecule has 1 unspecified atom stereocenters. The standard InChI is InChI=1S/C22H30N4O3/c1-22-14-25(2)13-10-17(22)24-21(29)18(19(22)27)20(28)23-15-6-8-16(9-7-15)26-11-4-3-5-12-26/h6-9,17-18H,3-5,10-14H2,1-2H3,(H,23,28)(H,24,29)/t17-,18?,22+/m1/s1. The predicted molar refractivity (Wildman–Crippen MR) is 112 cm³/mol. The molecule has 7 heteroatoms. The van der Waals surface area contributed by atoms with Crippen molar-refractivity contribution < 1.29 is 14.4 Å². The van der Waals surface area contributed by atoms with Crippen LogP contribution >= 0.6 is 0 Å². The first-order valence-electron chi connectivity index (χ1n) is 10.6. The number of rotatable bonds is 3. The molecule has 3 fully saturated rings. The highest BCUT2D eigenvalue weighted by Crippen LogP contribution is 2.36. The monoisotopic (exact) mass is 398 g/mol. The minimum atomic E-state index is -1.30.